The molecule has 8 atom stereocenters. The van der Waals surface area contributed by atoms with Crippen LogP contribution < -0.4 is 19.1 Å². The van der Waals surface area contributed by atoms with Gasteiger partial charge < -0.3 is 19.1 Å². The van der Waals surface area contributed by atoms with Crippen LogP contribution in [0.1, 0.15) is 88.6 Å². The normalized spacial score (nSPS) is 20.7. The van der Waals surface area contributed by atoms with Crippen molar-refractivity contribution in [3.8, 4) is 11.8 Å². The number of aryl methyl sites for hydroxylation is 2. The molecule has 0 amide bonds. The van der Waals surface area contributed by atoms with Crippen molar-refractivity contribution in [1.82, 2.24) is 78.8 Å². The number of fused-ring (bicyclic) bond motifs is 4. The van der Waals surface area contributed by atoms with Crippen molar-refractivity contribution in [2.24, 2.45) is 17.8 Å². The van der Waals surface area contributed by atoms with E-state index in [0.717, 1.165) is 40.8 Å². The fraction of sp³-hybridized carbons (Fsp3) is 0.352. The second-order valence-corrected chi connectivity index (χ2v) is 24.0. The van der Waals surface area contributed by atoms with E-state index in [1.54, 1.807) is 36.9 Å². The number of nitrogens with zero attached hydrogens (tertiary/aromatic N) is 14. The van der Waals surface area contributed by atoms with E-state index >= 15 is 0 Å². The minimum atomic E-state index is -3.81. The molecule has 2 saturated heterocycles. The zero-order chi connectivity index (χ0) is 55.2. The van der Waals surface area contributed by atoms with E-state index in [2.05, 4.69) is 100 Å². The van der Waals surface area contributed by atoms with Crippen LogP contribution in [-0.4, -0.2) is 153 Å². The number of sulfonamides is 1. The first-order chi connectivity index (χ1) is 38.1. The average molecular weight is 1530 g/mol. The van der Waals surface area contributed by atoms with Crippen molar-refractivity contribution < 1.29 is 31.8 Å². The van der Waals surface area contributed by atoms with Crippen LogP contribution in [0.2, 0.25) is 0 Å². The van der Waals surface area contributed by atoms with Crippen molar-refractivity contribution in [3.63, 3.8) is 0 Å². The van der Waals surface area contributed by atoms with E-state index in [1.165, 1.54) is 35.2 Å². The van der Waals surface area contributed by atoms with Crippen molar-refractivity contribution in [1.29, 1.82) is 0 Å². The van der Waals surface area contributed by atoms with Crippen LogP contribution in [-0.2, 0) is 42.3 Å². The number of aromatic nitrogens is 14. The maximum atomic E-state index is 13.5. The van der Waals surface area contributed by atoms with Gasteiger partial charge in [-0.05, 0) is 109 Å². The van der Waals surface area contributed by atoms with Crippen LogP contribution in [0.25, 0.3) is 44.4 Å². The van der Waals surface area contributed by atoms with Crippen LogP contribution >= 0.6 is 0 Å². The number of hydrogen-bond donors (Lipinski definition) is 2. The second kappa shape index (κ2) is 24.8. The van der Waals surface area contributed by atoms with Gasteiger partial charge in [0, 0.05) is 23.9 Å². The van der Waals surface area contributed by atoms with E-state index in [4.69, 9.17) is 19.1 Å². The summed E-state index contributed by atoms with van der Waals surface area (Å²) in [5.74, 6) is 5.47. The summed E-state index contributed by atoms with van der Waals surface area (Å²) in [6, 6.07) is 25.4. The van der Waals surface area contributed by atoms with E-state index < -0.39 is 19.7 Å². The quantitative estimate of drug-likeness (QED) is 0.109. The summed E-state index contributed by atoms with van der Waals surface area (Å²) in [4.78, 5) is 41.4. The molecular formula is C54H64N16O7Po2S2. The van der Waals surface area contributed by atoms with Crippen molar-refractivity contribution >= 4 is 123 Å². The number of hydrogen-bond acceptors (Lipinski definition) is 17. The van der Waals surface area contributed by atoms with E-state index in [9.17, 15) is 12.6 Å². The van der Waals surface area contributed by atoms with Gasteiger partial charge in [0.25, 0.3) is 11.8 Å². The standard InChI is InChI=1S/C28H32N8O3S.C26H28N8O4S.2Po.4H/c1-6-24-18(3)19(4)28(38-24)35-16-31-25-26(35)29-15-30-27(25)39-36-23-13-21(11-12-22(23)33-34-36)40(5,37)32-14-20-9-7-17(2)8-10-20;1-4-22-17(3)11-23(37-22)33-15-29-24-25(33)27-14-28-26(24)38-34-21-12-19(9-10-20(21)31-32-34)39(35,36)30-13-18-7-5-16(2)6-8-18;;;;;;/h7-13,15-16,18-19,24,28H,5-6,14H2,1-4H3,(H,32,37);5-10,12,14-15,17,22-23,30H,4,11,13H2,1-3H3;;;;;;/t18?,19-,24+,28+,40?;17?,22-,23-;;;;;;/m01....../s1. The fourth-order valence-electron chi connectivity index (χ4n) is 9.93. The molecule has 0 spiro atoms. The number of ether oxygens (including phenoxy) is 2. The molecule has 23 nitrogen and oxygen atoms in total. The summed E-state index contributed by atoms with van der Waals surface area (Å²) in [5, 5.41) is 16.5. The summed E-state index contributed by atoms with van der Waals surface area (Å²) in [5.41, 5.74) is 8.14. The van der Waals surface area contributed by atoms with Gasteiger partial charge in [-0.25, -0.2) is 42.0 Å². The predicted molar refractivity (Wildman–Crippen MR) is 312 cm³/mol. The van der Waals surface area contributed by atoms with E-state index in [1.807, 2.05) is 71.5 Å². The van der Waals surface area contributed by atoms with Crippen molar-refractivity contribution in [3.05, 3.63) is 132 Å². The van der Waals surface area contributed by atoms with Crippen LogP contribution in [0.4, 0.5) is 0 Å². The molecule has 0 radical (unpaired) electrons. The third-order valence-electron chi connectivity index (χ3n) is 14.8. The number of nitrogens with one attached hydrogen (secondary N) is 2. The molecule has 10 aromatic rings. The molecule has 3 unspecified atom stereocenters. The Balaban J connectivity index is 0.000000191. The summed E-state index contributed by atoms with van der Waals surface area (Å²) in [6.45, 7) is 15.4. The molecule has 8 heterocycles. The molecule has 426 valence electrons. The first-order valence-electron chi connectivity index (χ1n) is 26.0. The Morgan fingerprint density at radius 3 is 1.65 bits per heavy atom. The van der Waals surface area contributed by atoms with E-state index in [0.29, 0.717) is 67.7 Å². The average Bonchev–Trinajstić information content (AvgIpc) is 4.43. The zero-order valence-electron chi connectivity index (χ0n) is 45.6. The second-order valence-electron chi connectivity index (χ2n) is 20.1. The number of rotatable bonds is 16. The third-order valence-corrected chi connectivity index (χ3v) is 17.8. The summed E-state index contributed by atoms with van der Waals surface area (Å²) < 4.78 is 61.7. The van der Waals surface area contributed by atoms with Crippen LogP contribution in [0, 0.1) is 31.6 Å². The molecule has 0 aliphatic carbocycles. The Morgan fingerprint density at radius 2 is 1.12 bits per heavy atom. The molecule has 4 aromatic carbocycles. The predicted octanol–water partition coefficient (Wildman–Crippen LogP) is 5.78. The Hall–Kier alpha value is -6.02. The maximum absolute atomic E-state index is 13.5. The van der Waals surface area contributed by atoms with Gasteiger partial charge in [0.15, 0.2) is 22.3 Å². The SMILES string of the molecule is C=S(=O)(NCc1ccc(C)cc1)c1ccc2nnn(Oc3ncnc4c3ncn4[C@@H]3O[C@H](CC)C(C)[C@@H]3C)c2c1.CC[C@H]1O[C@@H](n2cnc3c(On4nnc5ccc(S(=O)(=O)NCc6ccc(C)cc6)cc54)ncnc32)CC1C.[PoH2].[PoH2]. The molecule has 6 aromatic heterocycles. The van der Waals surface area contributed by atoms with Gasteiger partial charge in [0.1, 0.15) is 47.2 Å². The van der Waals surface area contributed by atoms with Crippen LogP contribution in [0.15, 0.2) is 120 Å². The van der Waals surface area contributed by atoms with Gasteiger partial charge in [-0.3, -0.25) is 9.13 Å². The van der Waals surface area contributed by atoms with Gasteiger partial charge in [0.2, 0.25) is 10.0 Å². The first-order valence-corrected chi connectivity index (χ1v) is 29.2. The van der Waals surface area contributed by atoms with Gasteiger partial charge >= 0.3 is 53.1 Å². The van der Waals surface area contributed by atoms with Gasteiger partial charge in [-0.2, -0.15) is 9.97 Å². The molecule has 2 aliphatic rings. The topological polar surface area (TPSA) is 261 Å². The Morgan fingerprint density at radius 1 is 0.617 bits per heavy atom. The number of imidazole rings is 2. The zero-order valence-corrected chi connectivity index (χ0v) is 55.0. The first kappa shape index (κ1) is 59.6. The summed E-state index contributed by atoms with van der Waals surface area (Å²) in [7, 11) is -6.62. The van der Waals surface area contributed by atoms with Gasteiger partial charge in [0.05, 0.1) is 39.5 Å². The van der Waals surface area contributed by atoms with Crippen LogP contribution in [0.3, 0.4) is 0 Å². The Kier molecular flexibility index (Phi) is 18.3. The Bertz CT molecular complexity index is 4070. The molecule has 2 fully saturated rings. The van der Waals surface area contributed by atoms with E-state index in [-0.39, 0.29) is 107 Å². The van der Waals surface area contributed by atoms with Crippen LogP contribution in [0.5, 0.6) is 11.8 Å². The molecule has 12 rings (SSSR count). The molecule has 27 heteroatoms. The number of benzene rings is 4. The van der Waals surface area contributed by atoms with Crippen molar-refractivity contribution in [2.75, 3.05) is 0 Å². The molecule has 2 N–H and O–H groups in total. The monoisotopic (exact) mass is 1530 g/mol. The molecule has 0 bridgehead atoms. The van der Waals surface area contributed by atoms with Gasteiger partial charge in [-0.1, -0.05) is 104 Å². The van der Waals surface area contributed by atoms with Crippen molar-refractivity contribution in [2.45, 2.75) is 115 Å². The summed E-state index contributed by atoms with van der Waals surface area (Å²) in [6.07, 6.45) is 8.95. The summed E-state index contributed by atoms with van der Waals surface area (Å²) >= 11 is 0. The van der Waals surface area contributed by atoms with Gasteiger partial charge in [-0.15, -0.1) is 10.2 Å². The minimum absolute atomic E-state index is 0. The molecule has 0 saturated carbocycles. The fourth-order valence-corrected chi connectivity index (χ4v) is 12.1. The molecule has 2 aliphatic heterocycles. The molecule has 81 heavy (non-hydrogen) atoms. The molecular weight excluding hydrogens is 1470 g/mol. The third kappa shape index (κ3) is 12.4. The Labute approximate surface area is 507 Å².